The van der Waals surface area contributed by atoms with Gasteiger partial charge in [0.1, 0.15) is 6.42 Å². The smallest absolute Gasteiger partial charge is 0.315 e. The SMILES string of the molecule is CCOC(=O)CC(=O)Nc1cc(Cl)c(Cl)cc1C. The van der Waals surface area contributed by atoms with E-state index < -0.39 is 11.9 Å². The molecule has 1 aromatic carbocycles. The molecule has 0 aromatic heterocycles. The predicted octanol–water partition coefficient (Wildman–Crippen LogP) is 3.19. The minimum absolute atomic E-state index is 0.248. The van der Waals surface area contributed by atoms with Crippen LogP contribution in [-0.4, -0.2) is 18.5 Å². The molecule has 1 amide bonds. The molecule has 0 bridgehead atoms. The minimum atomic E-state index is -0.562. The summed E-state index contributed by atoms with van der Waals surface area (Å²) in [7, 11) is 0. The largest absolute Gasteiger partial charge is 0.466 e. The van der Waals surface area contributed by atoms with Gasteiger partial charge in [-0.25, -0.2) is 0 Å². The summed E-state index contributed by atoms with van der Waals surface area (Å²) in [5.41, 5.74) is 1.29. The third kappa shape index (κ3) is 4.20. The summed E-state index contributed by atoms with van der Waals surface area (Å²) in [5.74, 6) is -1.01. The quantitative estimate of drug-likeness (QED) is 0.684. The van der Waals surface area contributed by atoms with E-state index in [4.69, 9.17) is 23.2 Å². The van der Waals surface area contributed by atoms with Crippen LogP contribution in [0.3, 0.4) is 0 Å². The molecule has 0 unspecified atom stereocenters. The molecule has 0 radical (unpaired) electrons. The van der Waals surface area contributed by atoms with E-state index in [2.05, 4.69) is 10.1 Å². The number of halogens is 2. The van der Waals surface area contributed by atoms with Gasteiger partial charge in [-0.2, -0.15) is 0 Å². The van der Waals surface area contributed by atoms with Gasteiger partial charge >= 0.3 is 5.97 Å². The van der Waals surface area contributed by atoms with Crippen LogP contribution in [-0.2, 0) is 14.3 Å². The normalized spacial score (nSPS) is 10.0. The van der Waals surface area contributed by atoms with Crippen molar-refractivity contribution < 1.29 is 14.3 Å². The van der Waals surface area contributed by atoms with E-state index in [1.807, 2.05) is 0 Å². The highest BCUT2D eigenvalue weighted by Crippen LogP contribution is 2.28. The molecule has 0 fully saturated rings. The third-order valence-electron chi connectivity index (χ3n) is 2.15. The molecule has 0 spiro atoms. The van der Waals surface area contributed by atoms with Gasteiger partial charge in [-0.05, 0) is 31.5 Å². The highest BCUT2D eigenvalue weighted by molar-refractivity contribution is 6.42. The van der Waals surface area contributed by atoms with Gasteiger partial charge in [-0.3, -0.25) is 9.59 Å². The zero-order valence-electron chi connectivity index (χ0n) is 10.0. The van der Waals surface area contributed by atoms with Crippen LogP contribution in [0, 0.1) is 6.92 Å². The number of amides is 1. The number of esters is 1. The topological polar surface area (TPSA) is 55.4 Å². The second-order valence-corrected chi connectivity index (χ2v) is 4.43. The van der Waals surface area contributed by atoms with Gasteiger partial charge in [-0.15, -0.1) is 0 Å². The Morgan fingerprint density at radius 1 is 1.28 bits per heavy atom. The number of hydrogen-bond donors (Lipinski definition) is 1. The molecule has 0 atom stereocenters. The van der Waals surface area contributed by atoms with Crippen molar-refractivity contribution in [3.63, 3.8) is 0 Å². The molecule has 0 heterocycles. The van der Waals surface area contributed by atoms with Crippen LogP contribution in [0.25, 0.3) is 0 Å². The monoisotopic (exact) mass is 289 g/mol. The Balaban J connectivity index is 2.70. The van der Waals surface area contributed by atoms with Crippen molar-refractivity contribution in [2.45, 2.75) is 20.3 Å². The van der Waals surface area contributed by atoms with Gasteiger partial charge in [0.25, 0.3) is 0 Å². The van der Waals surface area contributed by atoms with E-state index in [-0.39, 0.29) is 13.0 Å². The van der Waals surface area contributed by atoms with E-state index in [9.17, 15) is 9.59 Å². The summed E-state index contributed by atoms with van der Waals surface area (Å²) in [5, 5.41) is 3.34. The van der Waals surface area contributed by atoms with E-state index >= 15 is 0 Å². The Kier molecular flexibility index (Phi) is 5.44. The van der Waals surface area contributed by atoms with Crippen molar-refractivity contribution in [1.82, 2.24) is 0 Å². The van der Waals surface area contributed by atoms with Crippen LogP contribution in [0.4, 0.5) is 5.69 Å². The summed E-state index contributed by atoms with van der Waals surface area (Å²) < 4.78 is 4.68. The number of carbonyl (C=O) groups excluding carboxylic acids is 2. The molecule has 0 aliphatic rings. The van der Waals surface area contributed by atoms with E-state index in [0.29, 0.717) is 15.7 Å². The van der Waals surface area contributed by atoms with Crippen LogP contribution >= 0.6 is 23.2 Å². The zero-order valence-corrected chi connectivity index (χ0v) is 11.6. The van der Waals surface area contributed by atoms with Gasteiger partial charge in [0, 0.05) is 5.69 Å². The molecule has 1 rings (SSSR count). The number of rotatable bonds is 4. The molecule has 18 heavy (non-hydrogen) atoms. The molecule has 0 saturated heterocycles. The van der Waals surface area contributed by atoms with Gasteiger partial charge in [0.05, 0.1) is 16.7 Å². The Morgan fingerprint density at radius 2 is 1.89 bits per heavy atom. The minimum Gasteiger partial charge on any atom is -0.466 e. The average molecular weight is 290 g/mol. The van der Waals surface area contributed by atoms with Crippen molar-refractivity contribution in [3.05, 3.63) is 27.7 Å². The van der Waals surface area contributed by atoms with Gasteiger partial charge in [-0.1, -0.05) is 23.2 Å². The fourth-order valence-electron chi connectivity index (χ4n) is 1.32. The highest BCUT2D eigenvalue weighted by atomic mass is 35.5. The number of aryl methyl sites for hydroxylation is 1. The summed E-state index contributed by atoms with van der Waals surface area (Å²) in [4.78, 5) is 22.7. The summed E-state index contributed by atoms with van der Waals surface area (Å²) in [6.07, 6.45) is -0.326. The van der Waals surface area contributed by atoms with E-state index in [1.54, 1.807) is 26.0 Å². The third-order valence-corrected chi connectivity index (χ3v) is 2.87. The number of ether oxygens (including phenoxy) is 1. The molecular formula is C12H13Cl2NO3. The van der Waals surface area contributed by atoms with Crippen LogP contribution < -0.4 is 5.32 Å². The standard InChI is InChI=1S/C12H13Cl2NO3/c1-3-18-12(17)6-11(16)15-10-5-9(14)8(13)4-7(10)2/h4-5H,3,6H2,1-2H3,(H,15,16). The fraction of sp³-hybridized carbons (Fsp3) is 0.333. The van der Waals surface area contributed by atoms with Crippen molar-refractivity contribution in [2.24, 2.45) is 0 Å². The number of nitrogens with one attached hydrogen (secondary N) is 1. The molecule has 0 aliphatic heterocycles. The predicted molar refractivity (Wildman–Crippen MR) is 71.1 cm³/mol. The second-order valence-electron chi connectivity index (χ2n) is 3.61. The second kappa shape index (κ2) is 6.61. The van der Waals surface area contributed by atoms with E-state index in [1.165, 1.54) is 0 Å². The average Bonchev–Trinajstić information content (AvgIpc) is 2.26. The Bertz CT molecular complexity index is 475. The van der Waals surface area contributed by atoms with Crippen molar-refractivity contribution >= 4 is 40.8 Å². The number of hydrogen-bond acceptors (Lipinski definition) is 3. The molecule has 0 aliphatic carbocycles. The first-order valence-corrected chi connectivity index (χ1v) is 6.10. The fourth-order valence-corrected chi connectivity index (χ4v) is 1.70. The molecule has 1 N–H and O–H groups in total. The Morgan fingerprint density at radius 3 is 2.50 bits per heavy atom. The van der Waals surface area contributed by atoms with Crippen LogP contribution in [0.2, 0.25) is 10.0 Å². The number of anilines is 1. The van der Waals surface area contributed by atoms with Crippen LogP contribution in [0.1, 0.15) is 18.9 Å². The lowest BCUT2D eigenvalue weighted by Crippen LogP contribution is -2.18. The van der Waals surface area contributed by atoms with Crippen molar-refractivity contribution in [1.29, 1.82) is 0 Å². The maximum atomic E-state index is 11.6. The first kappa shape index (κ1) is 14.8. The lowest BCUT2D eigenvalue weighted by molar-refractivity contribution is -0.145. The maximum Gasteiger partial charge on any atom is 0.315 e. The summed E-state index contributed by atoms with van der Waals surface area (Å²) in [6.45, 7) is 3.71. The number of carbonyl (C=O) groups is 2. The zero-order chi connectivity index (χ0) is 13.7. The first-order chi connectivity index (χ1) is 8.43. The summed E-state index contributed by atoms with van der Waals surface area (Å²) >= 11 is 11.7. The first-order valence-electron chi connectivity index (χ1n) is 5.35. The van der Waals surface area contributed by atoms with Gasteiger partial charge in [0.2, 0.25) is 5.91 Å². The summed E-state index contributed by atoms with van der Waals surface area (Å²) in [6, 6.07) is 3.19. The van der Waals surface area contributed by atoms with Gasteiger partial charge in [0.15, 0.2) is 0 Å². The molecule has 98 valence electrons. The molecule has 0 saturated carbocycles. The molecule has 1 aromatic rings. The molecule has 4 nitrogen and oxygen atoms in total. The highest BCUT2D eigenvalue weighted by Gasteiger charge is 2.12. The Hall–Kier alpha value is -1.26. The lowest BCUT2D eigenvalue weighted by atomic mass is 10.2. The van der Waals surface area contributed by atoms with Gasteiger partial charge < -0.3 is 10.1 Å². The van der Waals surface area contributed by atoms with Crippen molar-refractivity contribution in [2.75, 3.05) is 11.9 Å². The van der Waals surface area contributed by atoms with Crippen LogP contribution in [0.15, 0.2) is 12.1 Å². The molecule has 6 heteroatoms. The van der Waals surface area contributed by atoms with E-state index in [0.717, 1.165) is 5.56 Å². The van der Waals surface area contributed by atoms with Crippen molar-refractivity contribution in [3.8, 4) is 0 Å². The number of benzene rings is 1. The molecular weight excluding hydrogens is 277 g/mol. The Labute approximate surface area is 115 Å². The van der Waals surface area contributed by atoms with Crippen LogP contribution in [0.5, 0.6) is 0 Å². The maximum absolute atomic E-state index is 11.6. The lowest BCUT2D eigenvalue weighted by Gasteiger charge is -2.09.